The summed E-state index contributed by atoms with van der Waals surface area (Å²) in [6.07, 6.45) is 5.88. The van der Waals surface area contributed by atoms with E-state index in [4.69, 9.17) is 4.98 Å². The second kappa shape index (κ2) is 9.99. The molecule has 5 heterocycles. The summed E-state index contributed by atoms with van der Waals surface area (Å²) in [4.78, 5) is 21.5. The summed E-state index contributed by atoms with van der Waals surface area (Å²) < 4.78 is 15.2. The van der Waals surface area contributed by atoms with Crippen LogP contribution in [0.4, 0.5) is 15.8 Å². The largest absolute Gasteiger partial charge is 0.374 e. The number of anilines is 2. The standard InChI is InChI=1S/C27H30FN9O/c1-3-4-22(38)31-18-11-17(14-29-15-18)16-12-19-23(20(28)13-16)34-35-24(19)27-32-25-21(5-6-30-26(25)33-27)37-9-7-36(2)8-10-37/h5-6,11-15,22,31,38H,3-4,7-10H2,1-2H3,(H,34,35)(H,30,32,33). The first-order valence-electron chi connectivity index (χ1n) is 12.9. The Morgan fingerprint density at radius 2 is 1.97 bits per heavy atom. The van der Waals surface area contributed by atoms with Crippen LogP contribution in [0.1, 0.15) is 19.8 Å². The molecule has 0 spiro atoms. The van der Waals surface area contributed by atoms with E-state index in [2.05, 4.69) is 47.3 Å². The van der Waals surface area contributed by atoms with Crippen molar-refractivity contribution in [1.82, 2.24) is 35.0 Å². The lowest BCUT2D eigenvalue weighted by Gasteiger charge is -2.34. The Kier molecular flexibility index (Phi) is 6.38. The van der Waals surface area contributed by atoms with E-state index in [0.29, 0.717) is 40.2 Å². The summed E-state index contributed by atoms with van der Waals surface area (Å²) in [7, 11) is 2.13. The Hall–Kier alpha value is -4.09. The van der Waals surface area contributed by atoms with Crippen molar-refractivity contribution in [1.29, 1.82) is 0 Å². The van der Waals surface area contributed by atoms with Gasteiger partial charge in [-0.05, 0) is 43.3 Å². The number of likely N-dealkylation sites (N-methyl/N-ethyl adjacent to an activating group) is 1. The molecule has 4 N–H and O–H groups in total. The minimum absolute atomic E-state index is 0.233. The van der Waals surface area contributed by atoms with Crippen molar-refractivity contribution in [2.45, 2.75) is 26.0 Å². The van der Waals surface area contributed by atoms with Crippen molar-refractivity contribution in [2.75, 3.05) is 43.4 Å². The zero-order chi connectivity index (χ0) is 26.2. The van der Waals surface area contributed by atoms with E-state index in [1.165, 1.54) is 6.07 Å². The molecule has 6 rings (SSSR count). The predicted octanol–water partition coefficient (Wildman–Crippen LogP) is 3.98. The number of rotatable bonds is 7. The van der Waals surface area contributed by atoms with Gasteiger partial charge in [0, 0.05) is 49.5 Å². The fourth-order valence-electron chi connectivity index (χ4n) is 4.96. The van der Waals surface area contributed by atoms with Crippen LogP contribution in [0.3, 0.4) is 0 Å². The number of piperazine rings is 1. The first-order valence-corrected chi connectivity index (χ1v) is 12.9. The number of hydrogen-bond donors (Lipinski definition) is 4. The van der Waals surface area contributed by atoms with Gasteiger partial charge >= 0.3 is 0 Å². The number of aromatic nitrogens is 6. The number of pyridine rings is 2. The third-order valence-electron chi connectivity index (χ3n) is 7.03. The third kappa shape index (κ3) is 4.54. The summed E-state index contributed by atoms with van der Waals surface area (Å²) in [5.41, 5.74) is 5.35. The van der Waals surface area contributed by atoms with Gasteiger partial charge in [0.1, 0.15) is 23.0 Å². The summed E-state index contributed by atoms with van der Waals surface area (Å²) in [5, 5.41) is 21.0. The van der Waals surface area contributed by atoms with Crippen LogP contribution in [0.2, 0.25) is 0 Å². The van der Waals surface area contributed by atoms with Crippen molar-refractivity contribution >= 4 is 33.4 Å². The van der Waals surface area contributed by atoms with Gasteiger partial charge in [-0.2, -0.15) is 5.10 Å². The molecule has 0 bridgehead atoms. The van der Waals surface area contributed by atoms with Gasteiger partial charge in [-0.25, -0.2) is 14.4 Å². The number of benzene rings is 1. The molecule has 11 heteroatoms. The zero-order valence-electron chi connectivity index (χ0n) is 21.4. The topological polar surface area (TPSA) is 122 Å². The van der Waals surface area contributed by atoms with Crippen LogP contribution in [-0.2, 0) is 0 Å². The van der Waals surface area contributed by atoms with Gasteiger partial charge in [-0.15, -0.1) is 0 Å². The molecule has 5 aromatic rings. The molecule has 4 aromatic heterocycles. The van der Waals surface area contributed by atoms with Gasteiger partial charge < -0.3 is 25.2 Å². The zero-order valence-corrected chi connectivity index (χ0v) is 21.4. The van der Waals surface area contributed by atoms with E-state index in [0.717, 1.165) is 49.4 Å². The molecule has 1 aliphatic heterocycles. The Bertz CT molecular complexity index is 1590. The Labute approximate surface area is 218 Å². The lowest BCUT2D eigenvalue weighted by molar-refractivity contribution is 0.192. The Morgan fingerprint density at radius 1 is 1.13 bits per heavy atom. The highest BCUT2D eigenvalue weighted by Crippen LogP contribution is 2.34. The number of nitrogens with one attached hydrogen (secondary N) is 3. The van der Waals surface area contributed by atoms with Gasteiger partial charge in [0.05, 0.1) is 17.6 Å². The first-order chi connectivity index (χ1) is 18.5. The predicted molar refractivity (Wildman–Crippen MR) is 146 cm³/mol. The van der Waals surface area contributed by atoms with E-state index in [1.807, 2.05) is 25.1 Å². The van der Waals surface area contributed by atoms with Crippen molar-refractivity contribution < 1.29 is 9.50 Å². The quantitative estimate of drug-likeness (QED) is 0.240. The van der Waals surface area contributed by atoms with Gasteiger partial charge in [0.2, 0.25) is 0 Å². The highest BCUT2D eigenvalue weighted by atomic mass is 19.1. The van der Waals surface area contributed by atoms with Gasteiger partial charge in [-0.3, -0.25) is 10.1 Å². The molecule has 1 fully saturated rings. The second-order valence-corrected chi connectivity index (χ2v) is 9.77. The number of nitrogens with zero attached hydrogens (tertiary/aromatic N) is 6. The molecule has 1 atom stereocenters. The molecule has 0 saturated carbocycles. The summed E-state index contributed by atoms with van der Waals surface area (Å²) in [5.74, 6) is 0.0982. The number of hydrogen-bond acceptors (Lipinski definition) is 8. The molecule has 0 amide bonds. The molecule has 0 radical (unpaired) electrons. The SMILES string of the molecule is CCCC(O)Nc1cncc(-c2cc(F)c3n[nH]c(-c4nc5nccc(N6CCN(C)CC6)c5[nH]4)c3c2)c1. The molecule has 1 unspecified atom stereocenters. The normalized spacial score (nSPS) is 15.4. The molecule has 1 aliphatic rings. The number of H-pyrrole nitrogens is 2. The van der Waals surface area contributed by atoms with E-state index in [-0.39, 0.29) is 5.52 Å². The highest BCUT2D eigenvalue weighted by molar-refractivity contribution is 5.97. The maximum absolute atomic E-state index is 15.2. The molecule has 196 valence electrons. The highest BCUT2D eigenvalue weighted by Gasteiger charge is 2.21. The average molecular weight is 516 g/mol. The number of halogens is 1. The average Bonchev–Trinajstić information content (AvgIpc) is 3.54. The van der Waals surface area contributed by atoms with Crippen LogP contribution in [0.5, 0.6) is 0 Å². The molecule has 1 saturated heterocycles. The number of fused-ring (bicyclic) bond motifs is 2. The minimum Gasteiger partial charge on any atom is -0.374 e. The Morgan fingerprint density at radius 3 is 2.79 bits per heavy atom. The van der Waals surface area contributed by atoms with E-state index in [1.54, 1.807) is 18.6 Å². The van der Waals surface area contributed by atoms with Crippen molar-refractivity contribution in [3.8, 4) is 22.6 Å². The second-order valence-electron chi connectivity index (χ2n) is 9.77. The van der Waals surface area contributed by atoms with Gasteiger partial charge in [0.25, 0.3) is 0 Å². The van der Waals surface area contributed by atoms with Crippen LogP contribution in [0.15, 0.2) is 42.9 Å². The van der Waals surface area contributed by atoms with E-state index >= 15 is 4.39 Å². The molecule has 38 heavy (non-hydrogen) atoms. The fraction of sp³-hybridized carbons (Fsp3) is 0.333. The van der Waals surface area contributed by atoms with E-state index in [9.17, 15) is 5.11 Å². The van der Waals surface area contributed by atoms with Crippen molar-refractivity contribution in [3.05, 3.63) is 48.7 Å². The van der Waals surface area contributed by atoms with Crippen molar-refractivity contribution in [3.63, 3.8) is 0 Å². The maximum atomic E-state index is 15.2. The van der Waals surface area contributed by atoms with Crippen LogP contribution in [0, 0.1) is 5.82 Å². The number of aromatic amines is 2. The van der Waals surface area contributed by atoms with Crippen LogP contribution in [-0.4, -0.2) is 79.6 Å². The van der Waals surface area contributed by atoms with E-state index < -0.39 is 12.0 Å². The number of imidazole rings is 1. The number of aliphatic hydroxyl groups excluding tert-OH is 1. The summed E-state index contributed by atoms with van der Waals surface area (Å²) >= 11 is 0. The summed E-state index contributed by atoms with van der Waals surface area (Å²) in [6.45, 7) is 5.82. The molecular formula is C27H30FN9O. The van der Waals surface area contributed by atoms with Crippen molar-refractivity contribution in [2.24, 2.45) is 0 Å². The van der Waals surface area contributed by atoms with Crippen LogP contribution in [0.25, 0.3) is 44.7 Å². The van der Waals surface area contributed by atoms with Gasteiger partial charge in [-0.1, -0.05) is 13.3 Å². The summed E-state index contributed by atoms with van der Waals surface area (Å²) in [6, 6.07) is 7.17. The van der Waals surface area contributed by atoms with Gasteiger partial charge in [0.15, 0.2) is 17.3 Å². The molecular weight excluding hydrogens is 485 g/mol. The van der Waals surface area contributed by atoms with Crippen LogP contribution < -0.4 is 10.2 Å². The lowest BCUT2D eigenvalue weighted by Crippen LogP contribution is -2.44. The smallest absolute Gasteiger partial charge is 0.180 e. The molecule has 0 aliphatic carbocycles. The first kappa shape index (κ1) is 24.3. The maximum Gasteiger partial charge on any atom is 0.180 e. The monoisotopic (exact) mass is 515 g/mol. The lowest BCUT2D eigenvalue weighted by atomic mass is 10.0. The minimum atomic E-state index is -0.672. The number of aliphatic hydroxyl groups is 1. The molecule has 1 aromatic carbocycles. The third-order valence-corrected chi connectivity index (χ3v) is 7.03. The Balaban J connectivity index is 1.38. The van der Waals surface area contributed by atoms with Crippen LogP contribution >= 0.6 is 0 Å². The fourth-order valence-corrected chi connectivity index (χ4v) is 4.96. The molecule has 10 nitrogen and oxygen atoms in total.